The number of H-pyrrole nitrogens is 1. The van der Waals surface area contributed by atoms with Crippen molar-refractivity contribution in [3.63, 3.8) is 0 Å². The van der Waals surface area contributed by atoms with Crippen molar-refractivity contribution in [3.05, 3.63) is 59.8 Å². The summed E-state index contributed by atoms with van der Waals surface area (Å²) in [6.07, 6.45) is 2.00. The van der Waals surface area contributed by atoms with Crippen LogP contribution in [-0.2, 0) is 0 Å². The van der Waals surface area contributed by atoms with Gasteiger partial charge in [0.25, 0.3) is 0 Å². The van der Waals surface area contributed by atoms with Gasteiger partial charge in [0, 0.05) is 17.1 Å². The predicted molar refractivity (Wildman–Crippen MR) is 73.2 cm³/mol. The van der Waals surface area contributed by atoms with Gasteiger partial charge in [-0.2, -0.15) is 0 Å². The molecule has 1 aromatic heterocycles. The highest BCUT2D eigenvalue weighted by Crippen LogP contribution is 2.29. The van der Waals surface area contributed by atoms with Gasteiger partial charge in [-0.05, 0) is 37.1 Å². The van der Waals surface area contributed by atoms with Crippen molar-refractivity contribution in [1.29, 1.82) is 0 Å². The third-order valence-corrected chi connectivity index (χ3v) is 3.13. The average Bonchev–Trinajstić information content (AvgIpc) is 2.75. The highest BCUT2D eigenvalue weighted by molar-refractivity contribution is 5.95. The number of aromatic nitrogens is 1. The van der Waals surface area contributed by atoms with Crippen LogP contribution >= 0.6 is 0 Å². The van der Waals surface area contributed by atoms with Crippen LogP contribution in [0.25, 0.3) is 22.0 Å². The Bertz CT molecular complexity index is 657. The monoisotopic (exact) mass is 221 g/mol. The van der Waals surface area contributed by atoms with Crippen LogP contribution in [0.5, 0.6) is 0 Å². The van der Waals surface area contributed by atoms with Gasteiger partial charge in [0.1, 0.15) is 0 Å². The summed E-state index contributed by atoms with van der Waals surface area (Å²) < 4.78 is 0. The molecule has 0 spiro atoms. The summed E-state index contributed by atoms with van der Waals surface area (Å²) in [7, 11) is 0. The Hall–Kier alpha value is -2.02. The van der Waals surface area contributed by atoms with Gasteiger partial charge in [0.15, 0.2) is 0 Å². The van der Waals surface area contributed by atoms with Crippen LogP contribution < -0.4 is 0 Å². The van der Waals surface area contributed by atoms with Gasteiger partial charge in [0.2, 0.25) is 0 Å². The van der Waals surface area contributed by atoms with Crippen LogP contribution in [0, 0.1) is 13.8 Å². The lowest BCUT2D eigenvalue weighted by molar-refractivity contribution is 1.39. The van der Waals surface area contributed by atoms with Crippen LogP contribution in [0.3, 0.4) is 0 Å². The summed E-state index contributed by atoms with van der Waals surface area (Å²) >= 11 is 0. The largest absolute Gasteiger partial charge is 0.361 e. The van der Waals surface area contributed by atoms with E-state index in [4.69, 9.17) is 0 Å². The Morgan fingerprint density at radius 2 is 1.65 bits per heavy atom. The van der Waals surface area contributed by atoms with E-state index in [1.54, 1.807) is 0 Å². The van der Waals surface area contributed by atoms with E-state index < -0.39 is 0 Å². The molecule has 0 fully saturated rings. The number of fused-ring (bicyclic) bond motifs is 1. The minimum atomic E-state index is 1.20. The number of hydrogen-bond donors (Lipinski definition) is 1. The van der Waals surface area contributed by atoms with Gasteiger partial charge in [-0.1, -0.05) is 41.5 Å². The van der Waals surface area contributed by atoms with Crippen LogP contribution in [0.15, 0.2) is 48.7 Å². The highest BCUT2D eigenvalue weighted by Gasteiger charge is 2.04. The predicted octanol–water partition coefficient (Wildman–Crippen LogP) is 4.45. The van der Waals surface area contributed by atoms with Crippen LogP contribution in [0.4, 0.5) is 0 Å². The molecule has 0 unspecified atom stereocenters. The Balaban J connectivity index is 2.30. The molecule has 0 radical (unpaired) electrons. The lowest BCUT2D eigenvalue weighted by Gasteiger charge is -2.06. The normalized spacial score (nSPS) is 10.9. The van der Waals surface area contributed by atoms with E-state index in [2.05, 4.69) is 61.3 Å². The topological polar surface area (TPSA) is 15.8 Å². The summed E-state index contributed by atoms with van der Waals surface area (Å²) in [5.41, 5.74) is 6.42. The van der Waals surface area contributed by atoms with Crippen molar-refractivity contribution in [1.82, 2.24) is 4.98 Å². The SMILES string of the molecule is Cc1cc(C)cc(-c2cccc3[nH]ccc23)c1. The average molecular weight is 221 g/mol. The van der Waals surface area contributed by atoms with Crippen LogP contribution in [0.2, 0.25) is 0 Å². The molecule has 0 atom stereocenters. The van der Waals surface area contributed by atoms with Crippen LogP contribution in [0.1, 0.15) is 11.1 Å². The highest BCUT2D eigenvalue weighted by atomic mass is 14.7. The molecule has 3 rings (SSSR count). The van der Waals surface area contributed by atoms with Gasteiger partial charge >= 0.3 is 0 Å². The maximum atomic E-state index is 3.26. The van der Waals surface area contributed by atoms with Gasteiger partial charge in [0.05, 0.1) is 0 Å². The van der Waals surface area contributed by atoms with Crippen molar-refractivity contribution in [2.45, 2.75) is 13.8 Å². The number of aryl methyl sites for hydroxylation is 2. The lowest BCUT2D eigenvalue weighted by atomic mass is 9.98. The quantitative estimate of drug-likeness (QED) is 0.624. The fourth-order valence-electron chi connectivity index (χ4n) is 2.47. The molecular formula is C16H15N. The minimum absolute atomic E-state index is 1.20. The maximum Gasteiger partial charge on any atom is 0.0460 e. The fourth-order valence-corrected chi connectivity index (χ4v) is 2.47. The zero-order chi connectivity index (χ0) is 11.8. The third-order valence-electron chi connectivity index (χ3n) is 3.13. The van der Waals surface area contributed by atoms with Gasteiger partial charge in [-0.3, -0.25) is 0 Å². The Kier molecular flexibility index (Phi) is 2.25. The summed E-state index contributed by atoms with van der Waals surface area (Å²) in [6, 6.07) is 15.2. The molecule has 3 aromatic rings. The number of aromatic amines is 1. The molecule has 1 heteroatoms. The fraction of sp³-hybridized carbons (Fsp3) is 0.125. The Morgan fingerprint density at radius 1 is 0.882 bits per heavy atom. The Labute approximate surface area is 101 Å². The van der Waals surface area contributed by atoms with E-state index in [0.29, 0.717) is 0 Å². The van der Waals surface area contributed by atoms with Crippen molar-refractivity contribution in [2.24, 2.45) is 0 Å². The molecule has 0 aliphatic rings. The maximum absolute atomic E-state index is 3.26. The second-order valence-corrected chi connectivity index (χ2v) is 4.62. The summed E-state index contributed by atoms with van der Waals surface area (Å²) in [4.78, 5) is 3.26. The first kappa shape index (κ1) is 10.2. The first-order valence-corrected chi connectivity index (χ1v) is 5.89. The molecule has 17 heavy (non-hydrogen) atoms. The number of rotatable bonds is 1. The van der Waals surface area contributed by atoms with Gasteiger partial charge in [-0.15, -0.1) is 0 Å². The number of hydrogen-bond acceptors (Lipinski definition) is 0. The van der Waals surface area contributed by atoms with E-state index in [-0.39, 0.29) is 0 Å². The van der Waals surface area contributed by atoms with E-state index in [9.17, 15) is 0 Å². The molecule has 0 saturated carbocycles. The van der Waals surface area contributed by atoms with Crippen molar-refractivity contribution >= 4 is 10.9 Å². The standard InChI is InChI=1S/C16H15N/c1-11-8-12(2)10-13(9-11)14-4-3-5-16-15(14)6-7-17-16/h3-10,17H,1-2H3. The molecule has 2 aromatic carbocycles. The summed E-state index contributed by atoms with van der Waals surface area (Å²) in [5.74, 6) is 0. The molecule has 84 valence electrons. The molecule has 0 amide bonds. The van der Waals surface area contributed by atoms with Gasteiger partial charge in [-0.25, -0.2) is 0 Å². The second kappa shape index (κ2) is 3.77. The molecule has 1 heterocycles. The molecule has 0 bridgehead atoms. The number of nitrogens with one attached hydrogen (secondary N) is 1. The summed E-state index contributed by atoms with van der Waals surface area (Å²) in [5, 5.41) is 1.29. The lowest BCUT2D eigenvalue weighted by Crippen LogP contribution is -1.83. The molecule has 0 aliphatic heterocycles. The molecule has 1 nitrogen and oxygen atoms in total. The molecular weight excluding hydrogens is 206 g/mol. The molecule has 0 aliphatic carbocycles. The van der Waals surface area contributed by atoms with Gasteiger partial charge < -0.3 is 4.98 Å². The molecule has 0 saturated heterocycles. The smallest absolute Gasteiger partial charge is 0.0460 e. The Morgan fingerprint density at radius 3 is 2.41 bits per heavy atom. The summed E-state index contributed by atoms with van der Waals surface area (Å²) in [6.45, 7) is 4.29. The third kappa shape index (κ3) is 1.74. The van der Waals surface area contributed by atoms with E-state index in [1.807, 2.05) is 6.20 Å². The van der Waals surface area contributed by atoms with E-state index in [1.165, 1.54) is 33.2 Å². The van der Waals surface area contributed by atoms with Crippen molar-refractivity contribution in [3.8, 4) is 11.1 Å². The zero-order valence-electron chi connectivity index (χ0n) is 10.1. The van der Waals surface area contributed by atoms with Crippen LogP contribution in [-0.4, -0.2) is 4.98 Å². The first-order valence-electron chi connectivity index (χ1n) is 5.89. The molecule has 1 N–H and O–H groups in total. The van der Waals surface area contributed by atoms with Crippen molar-refractivity contribution in [2.75, 3.05) is 0 Å². The zero-order valence-corrected chi connectivity index (χ0v) is 10.1. The van der Waals surface area contributed by atoms with E-state index >= 15 is 0 Å². The second-order valence-electron chi connectivity index (χ2n) is 4.62. The minimum Gasteiger partial charge on any atom is -0.361 e. The first-order chi connectivity index (χ1) is 8.24. The number of benzene rings is 2. The van der Waals surface area contributed by atoms with Crippen molar-refractivity contribution < 1.29 is 0 Å². The van der Waals surface area contributed by atoms with E-state index in [0.717, 1.165) is 0 Å².